The molecule has 0 saturated heterocycles. The van der Waals surface area contributed by atoms with Gasteiger partial charge in [-0.05, 0) is 11.1 Å². The van der Waals surface area contributed by atoms with E-state index in [1.807, 2.05) is 0 Å². The van der Waals surface area contributed by atoms with Gasteiger partial charge in [-0.15, -0.1) is 0 Å². The Hall–Kier alpha value is -2.24. The highest BCUT2D eigenvalue weighted by Crippen LogP contribution is 2.46. The van der Waals surface area contributed by atoms with Gasteiger partial charge in [-0.3, -0.25) is 0 Å². The van der Waals surface area contributed by atoms with Crippen molar-refractivity contribution in [2.75, 3.05) is 14.2 Å². The highest BCUT2D eigenvalue weighted by atomic mass is 19.3. The third kappa shape index (κ3) is 2.17. The van der Waals surface area contributed by atoms with Crippen molar-refractivity contribution < 1.29 is 27.8 Å². The molecule has 4 nitrogen and oxygen atoms in total. The molecule has 1 aromatic carbocycles. The average molecular weight is 282 g/mol. The summed E-state index contributed by atoms with van der Waals surface area (Å²) in [4.78, 5) is 23.4. The fourth-order valence-electron chi connectivity index (χ4n) is 2.25. The monoisotopic (exact) mass is 282 g/mol. The first-order valence-corrected chi connectivity index (χ1v) is 5.80. The number of ether oxygens (including phenoxy) is 2. The molecule has 2 rings (SSSR count). The zero-order valence-electron chi connectivity index (χ0n) is 10.9. The maximum absolute atomic E-state index is 14.2. The molecule has 0 spiro atoms. The van der Waals surface area contributed by atoms with Gasteiger partial charge in [0.1, 0.15) is 0 Å². The Balaban J connectivity index is 2.75. The number of carbonyl (C=O) groups excluding carboxylic acids is 2. The first-order valence-electron chi connectivity index (χ1n) is 5.80. The van der Waals surface area contributed by atoms with Crippen LogP contribution >= 0.6 is 0 Å². The molecule has 0 atom stereocenters. The van der Waals surface area contributed by atoms with Gasteiger partial charge in [0.2, 0.25) is 0 Å². The van der Waals surface area contributed by atoms with Crippen LogP contribution in [0.1, 0.15) is 11.1 Å². The van der Waals surface area contributed by atoms with Crippen LogP contribution in [0.25, 0.3) is 5.57 Å². The van der Waals surface area contributed by atoms with E-state index in [1.54, 1.807) is 12.1 Å². The SMILES string of the molecule is COC(=O)C(C(=O)OC)=C1c2ccccc2CC1(F)F. The lowest BCUT2D eigenvalue weighted by Gasteiger charge is -2.15. The highest BCUT2D eigenvalue weighted by Gasteiger charge is 2.47. The zero-order chi connectivity index (χ0) is 14.9. The van der Waals surface area contributed by atoms with Crippen LogP contribution in [0.5, 0.6) is 0 Å². The van der Waals surface area contributed by atoms with Crippen molar-refractivity contribution in [3.05, 3.63) is 41.0 Å². The van der Waals surface area contributed by atoms with Gasteiger partial charge in [0.15, 0.2) is 5.57 Å². The standard InChI is InChI=1S/C14H12F2O4/c1-19-12(17)10(13(18)20-2)11-9-6-4-3-5-8(9)7-14(11,15)16/h3-6H,7H2,1-2H3. The molecule has 20 heavy (non-hydrogen) atoms. The van der Waals surface area contributed by atoms with Crippen LogP contribution in [0.15, 0.2) is 29.8 Å². The molecule has 0 N–H and O–H groups in total. The molecule has 0 heterocycles. The number of esters is 2. The summed E-state index contributed by atoms with van der Waals surface area (Å²) in [6.45, 7) is 0. The van der Waals surface area contributed by atoms with Gasteiger partial charge in [-0.1, -0.05) is 24.3 Å². The zero-order valence-corrected chi connectivity index (χ0v) is 10.9. The molecule has 0 radical (unpaired) electrons. The summed E-state index contributed by atoms with van der Waals surface area (Å²) in [6.07, 6.45) is -0.560. The fourth-order valence-corrected chi connectivity index (χ4v) is 2.25. The topological polar surface area (TPSA) is 52.6 Å². The number of halogens is 2. The van der Waals surface area contributed by atoms with Gasteiger partial charge in [-0.2, -0.15) is 0 Å². The maximum Gasteiger partial charge on any atom is 0.345 e. The number of rotatable bonds is 2. The molecule has 106 valence electrons. The van der Waals surface area contributed by atoms with Crippen molar-refractivity contribution in [3.8, 4) is 0 Å². The number of alkyl halides is 2. The van der Waals surface area contributed by atoms with Gasteiger partial charge in [0, 0.05) is 6.42 Å². The van der Waals surface area contributed by atoms with Crippen molar-refractivity contribution in [2.45, 2.75) is 12.3 Å². The van der Waals surface area contributed by atoms with Crippen LogP contribution in [0.2, 0.25) is 0 Å². The van der Waals surface area contributed by atoms with Crippen LogP contribution in [-0.2, 0) is 25.5 Å². The van der Waals surface area contributed by atoms with Crippen molar-refractivity contribution >= 4 is 17.5 Å². The number of carbonyl (C=O) groups is 2. The number of allylic oxidation sites excluding steroid dienone is 1. The Morgan fingerprint density at radius 3 is 2.20 bits per heavy atom. The highest BCUT2D eigenvalue weighted by molar-refractivity contribution is 6.21. The Morgan fingerprint density at radius 1 is 1.10 bits per heavy atom. The van der Waals surface area contributed by atoms with E-state index in [-0.39, 0.29) is 5.56 Å². The number of fused-ring (bicyclic) bond motifs is 1. The van der Waals surface area contributed by atoms with E-state index < -0.39 is 35.4 Å². The summed E-state index contributed by atoms with van der Waals surface area (Å²) in [6, 6.07) is 6.15. The lowest BCUT2D eigenvalue weighted by atomic mass is 10.00. The third-order valence-corrected chi connectivity index (χ3v) is 3.09. The van der Waals surface area contributed by atoms with E-state index in [2.05, 4.69) is 9.47 Å². The quantitative estimate of drug-likeness (QED) is 0.360. The second kappa shape index (κ2) is 5.03. The molecular weight excluding hydrogens is 270 g/mol. The summed E-state index contributed by atoms with van der Waals surface area (Å²) in [5, 5.41) is 0. The van der Waals surface area contributed by atoms with E-state index >= 15 is 0 Å². The minimum atomic E-state index is -3.32. The van der Waals surface area contributed by atoms with Gasteiger partial charge >= 0.3 is 11.9 Å². The largest absolute Gasteiger partial charge is 0.465 e. The minimum Gasteiger partial charge on any atom is -0.465 e. The lowest BCUT2D eigenvalue weighted by molar-refractivity contribution is -0.144. The van der Waals surface area contributed by atoms with E-state index in [9.17, 15) is 18.4 Å². The van der Waals surface area contributed by atoms with Crippen molar-refractivity contribution in [2.24, 2.45) is 0 Å². The normalized spacial score (nSPS) is 15.5. The second-order valence-corrected chi connectivity index (χ2v) is 4.27. The summed E-state index contributed by atoms with van der Waals surface area (Å²) in [5.74, 6) is -5.59. The fraction of sp³-hybridized carbons (Fsp3) is 0.286. The molecule has 1 aliphatic carbocycles. The number of methoxy groups -OCH3 is 2. The molecule has 1 aliphatic rings. The van der Waals surface area contributed by atoms with Gasteiger partial charge in [-0.25, -0.2) is 18.4 Å². The van der Waals surface area contributed by atoms with Crippen molar-refractivity contribution in [1.82, 2.24) is 0 Å². The molecule has 0 aromatic heterocycles. The number of hydrogen-bond acceptors (Lipinski definition) is 4. The Bertz CT molecular complexity index is 587. The van der Waals surface area contributed by atoms with Crippen molar-refractivity contribution in [1.29, 1.82) is 0 Å². The predicted octanol–water partition coefficient (Wildman–Crippen LogP) is 1.98. The molecule has 0 bridgehead atoms. The van der Waals surface area contributed by atoms with E-state index in [0.29, 0.717) is 5.56 Å². The molecule has 0 saturated carbocycles. The Kier molecular flexibility index (Phi) is 3.57. The van der Waals surface area contributed by atoms with Crippen LogP contribution in [0.3, 0.4) is 0 Å². The van der Waals surface area contributed by atoms with E-state index in [1.165, 1.54) is 12.1 Å². The Labute approximate surface area is 114 Å². The summed E-state index contributed by atoms with van der Waals surface area (Å²) >= 11 is 0. The summed E-state index contributed by atoms with van der Waals surface area (Å²) in [5.41, 5.74) is -0.849. The predicted molar refractivity (Wildman–Crippen MR) is 66.0 cm³/mol. The minimum absolute atomic E-state index is 0.170. The Morgan fingerprint density at radius 2 is 1.65 bits per heavy atom. The molecule has 0 fully saturated rings. The summed E-state index contributed by atoms with van der Waals surface area (Å²) in [7, 11) is 2.04. The summed E-state index contributed by atoms with van der Waals surface area (Å²) < 4.78 is 37.2. The van der Waals surface area contributed by atoms with E-state index in [0.717, 1.165) is 14.2 Å². The van der Waals surface area contributed by atoms with Gasteiger partial charge in [0.05, 0.1) is 19.8 Å². The van der Waals surface area contributed by atoms with Crippen LogP contribution < -0.4 is 0 Å². The molecular formula is C14H12F2O4. The van der Waals surface area contributed by atoms with Crippen LogP contribution in [-0.4, -0.2) is 32.1 Å². The first-order chi connectivity index (χ1) is 9.42. The van der Waals surface area contributed by atoms with Gasteiger partial charge in [0.25, 0.3) is 5.92 Å². The molecule has 0 unspecified atom stereocenters. The second-order valence-electron chi connectivity index (χ2n) is 4.27. The first kappa shape index (κ1) is 14.2. The van der Waals surface area contributed by atoms with Gasteiger partial charge < -0.3 is 9.47 Å². The molecule has 0 amide bonds. The van der Waals surface area contributed by atoms with Crippen molar-refractivity contribution in [3.63, 3.8) is 0 Å². The maximum atomic E-state index is 14.2. The number of hydrogen-bond donors (Lipinski definition) is 0. The smallest absolute Gasteiger partial charge is 0.345 e. The lowest BCUT2D eigenvalue weighted by Crippen LogP contribution is -2.24. The van der Waals surface area contributed by atoms with E-state index in [4.69, 9.17) is 0 Å². The number of benzene rings is 1. The molecule has 0 aliphatic heterocycles. The average Bonchev–Trinajstić information content (AvgIpc) is 2.69. The molecule has 6 heteroatoms. The molecule has 1 aromatic rings. The van der Waals surface area contributed by atoms with Crippen LogP contribution in [0.4, 0.5) is 8.78 Å². The third-order valence-electron chi connectivity index (χ3n) is 3.09. The van der Waals surface area contributed by atoms with Crippen LogP contribution in [0, 0.1) is 0 Å².